The van der Waals surface area contributed by atoms with Crippen LogP contribution in [0.1, 0.15) is 56.8 Å². The molecule has 0 aromatic heterocycles. The second-order valence-corrected chi connectivity index (χ2v) is 10.3. The van der Waals surface area contributed by atoms with E-state index in [0.717, 1.165) is 4.90 Å². The third kappa shape index (κ3) is 9.48. The molecule has 2 atom stereocenters. The predicted octanol–water partition coefficient (Wildman–Crippen LogP) is 3.11. The highest BCUT2D eigenvalue weighted by molar-refractivity contribution is 5.92. The molecule has 40 heavy (non-hydrogen) atoms. The molecular weight excluding hydrogens is 518 g/mol. The van der Waals surface area contributed by atoms with Crippen LogP contribution in [-0.2, 0) is 30.3 Å². The summed E-state index contributed by atoms with van der Waals surface area (Å²) < 4.78 is 10.2. The van der Waals surface area contributed by atoms with Gasteiger partial charge >= 0.3 is 12.1 Å². The molecule has 0 radical (unpaired) electrons. The van der Waals surface area contributed by atoms with E-state index in [9.17, 15) is 29.4 Å². The van der Waals surface area contributed by atoms with Crippen LogP contribution < -0.4 is 10.6 Å². The zero-order valence-electron chi connectivity index (χ0n) is 23.8. The van der Waals surface area contributed by atoms with Crippen molar-refractivity contribution in [3.05, 3.63) is 59.2 Å². The molecule has 2 unspecified atom stereocenters. The monoisotopic (exact) mass is 557 g/mol. The Bertz CT molecular complexity index is 1190. The Labute approximate surface area is 234 Å². The molecule has 0 fully saturated rings. The fraction of sp³-hybridized carbons (Fsp3) is 0.448. The zero-order valence-corrected chi connectivity index (χ0v) is 23.8. The topological polar surface area (TPSA) is 154 Å². The van der Waals surface area contributed by atoms with E-state index in [1.807, 2.05) is 0 Å². The number of nitrogens with one attached hydrogen (secondary N) is 2. The Morgan fingerprint density at radius 3 is 2.27 bits per heavy atom. The molecular formula is C29H39N3O8. The van der Waals surface area contributed by atoms with Gasteiger partial charge in [0, 0.05) is 25.6 Å². The number of carbonyl (C=O) groups is 4. The van der Waals surface area contributed by atoms with E-state index < -0.39 is 41.6 Å². The lowest BCUT2D eigenvalue weighted by molar-refractivity contribution is -0.143. The summed E-state index contributed by atoms with van der Waals surface area (Å²) in [5.74, 6) is -1.88. The quantitative estimate of drug-likeness (QED) is 0.307. The number of hydrogen-bond acceptors (Lipinski definition) is 8. The van der Waals surface area contributed by atoms with Crippen LogP contribution in [0.4, 0.5) is 4.79 Å². The summed E-state index contributed by atoms with van der Waals surface area (Å²) in [5, 5.41) is 25.7. The van der Waals surface area contributed by atoms with E-state index in [-0.39, 0.29) is 43.1 Å². The molecule has 0 heterocycles. The summed E-state index contributed by atoms with van der Waals surface area (Å²) in [6.45, 7) is 8.56. The first-order valence-electron chi connectivity index (χ1n) is 13.0. The lowest BCUT2D eigenvalue weighted by atomic mass is 9.98. The minimum absolute atomic E-state index is 0.0275. The van der Waals surface area contributed by atoms with Gasteiger partial charge in [-0.05, 0) is 57.9 Å². The minimum Gasteiger partial charge on any atom is -0.508 e. The molecule has 0 spiro atoms. The molecule has 0 aliphatic heterocycles. The van der Waals surface area contributed by atoms with Crippen molar-refractivity contribution >= 4 is 23.9 Å². The van der Waals surface area contributed by atoms with Gasteiger partial charge in [0.25, 0.3) is 0 Å². The van der Waals surface area contributed by atoms with E-state index in [0.29, 0.717) is 11.1 Å². The average molecular weight is 558 g/mol. The number of carbonyl (C=O) groups excluding carboxylic acids is 4. The number of ether oxygens (including phenoxy) is 2. The molecule has 0 saturated heterocycles. The average Bonchev–Trinajstić information content (AvgIpc) is 2.86. The Morgan fingerprint density at radius 1 is 1.02 bits per heavy atom. The Balaban J connectivity index is 2.41. The molecule has 4 N–H and O–H groups in total. The van der Waals surface area contributed by atoms with Crippen LogP contribution in [0.3, 0.4) is 0 Å². The molecule has 0 aliphatic carbocycles. The fourth-order valence-electron chi connectivity index (χ4n) is 3.94. The van der Waals surface area contributed by atoms with Crippen molar-refractivity contribution in [1.82, 2.24) is 15.5 Å². The summed E-state index contributed by atoms with van der Waals surface area (Å²) in [7, 11) is 1.39. The highest BCUT2D eigenvalue weighted by atomic mass is 16.6. The maximum absolute atomic E-state index is 13.9. The van der Waals surface area contributed by atoms with Crippen molar-refractivity contribution in [2.75, 3.05) is 20.2 Å². The number of amides is 3. The van der Waals surface area contributed by atoms with Gasteiger partial charge in [0.15, 0.2) is 0 Å². The maximum atomic E-state index is 13.9. The van der Waals surface area contributed by atoms with Gasteiger partial charge in [-0.2, -0.15) is 0 Å². The molecule has 2 aromatic rings. The lowest BCUT2D eigenvalue weighted by Crippen LogP contribution is -2.52. The van der Waals surface area contributed by atoms with Gasteiger partial charge in [0.2, 0.25) is 11.8 Å². The molecule has 3 amide bonds. The molecule has 0 aliphatic rings. The second kappa shape index (κ2) is 14.2. The number of hydrogen-bond donors (Lipinski definition) is 4. The smallest absolute Gasteiger partial charge is 0.408 e. The van der Waals surface area contributed by atoms with Gasteiger partial charge in [0.05, 0.1) is 13.0 Å². The summed E-state index contributed by atoms with van der Waals surface area (Å²) in [5.41, 5.74) is 0.478. The van der Waals surface area contributed by atoms with E-state index >= 15 is 0 Å². The summed E-state index contributed by atoms with van der Waals surface area (Å²) in [6.07, 6.45) is -0.875. The van der Waals surface area contributed by atoms with Crippen LogP contribution >= 0.6 is 0 Å². The van der Waals surface area contributed by atoms with Crippen molar-refractivity contribution in [3.8, 4) is 11.5 Å². The van der Waals surface area contributed by atoms with E-state index in [4.69, 9.17) is 9.47 Å². The molecule has 11 nitrogen and oxygen atoms in total. The maximum Gasteiger partial charge on any atom is 0.408 e. The molecule has 11 heteroatoms. The molecule has 0 bridgehead atoms. The minimum atomic E-state index is -1.29. The molecule has 218 valence electrons. The van der Waals surface area contributed by atoms with Crippen molar-refractivity contribution in [1.29, 1.82) is 0 Å². The van der Waals surface area contributed by atoms with Gasteiger partial charge in [0.1, 0.15) is 29.2 Å². The van der Waals surface area contributed by atoms with E-state index in [2.05, 4.69) is 10.6 Å². The molecule has 2 aromatic carbocycles. The lowest BCUT2D eigenvalue weighted by Gasteiger charge is -2.32. The van der Waals surface area contributed by atoms with Crippen LogP contribution in [0.2, 0.25) is 0 Å². The first-order chi connectivity index (χ1) is 18.7. The molecule has 2 rings (SSSR count). The number of phenolic OH excluding ortho intramolecular Hbond substituents is 2. The van der Waals surface area contributed by atoms with E-state index in [1.165, 1.54) is 25.2 Å². The number of rotatable bonds is 11. The zero-order chi connectivity index (χ0) is 30.0. The Kier molecular flexibility index (Phi) is 11.3. The third-order valence-corrected chi connectivity index (χ3v) is 5.85. The van der Waals surface area contributed by atoms with E-state index in [1.54, 1.807) is 58.9 Å². The number of benzene rings is 2. The van der Waals surface area contributed by atoms with Gasteiger partial charge in [-0.15, -0.1) is 0 Å². The number of likely N-dealkylation sites (N-methyl/N-ethyl adjacent to an activating group) is 1. The highest BCUT2D eigenvalue weighted by Crippen LogP contribution is 2.31. The number of alkyl carbamates (subject to hydrolysis) is 1. The normalized spacial score (nSPS) is 12.6. The van der Waals surface area contributed by atoms with Crippen molar-refractivity contribution in [3.63, 3.8) is 0 Å². The number of phenols is 2. The Morgan fingerprint density at radius 2 is 1.68 bits per heavy atom. The van der Waals surface area contributed by atoms with Gasteiger partial charge in [-0.1, -0.05) is 30.3 Å². The van der Waals surface area contributed by atoms with Crippen LogP contribution in [-0.4, -0.2) is 70.8 Å². The van der Waals surface area contributed by atoms with Crippen molar-refractivity contribution in [2.45, 2.75) is 65.1 Å². The summed E-state index contributed by atoms with van der Waals surface area (Å²) in [6, 6.07) is 8.51. The predicted molar refractivity (Wildman–Crippen MR) is 148 cm³/mol. The van der Waals surface area contributed by atoms with Crippen LogP contribution in [0.15, 0.2) is 42.5 Å². The summed E-state index contributed by atoms with van der Waals surface area (Å²) in [4.78, 5) is 52.8. The fourth-order valence-corrected chi connectivity index (χ4v) is 3.94. The SMILES string of the molecule is CCOC(=O)CCNC(=O)C(c1cccc(C)c1O)N(C)C(=O)C(Cc1ccc(O)cc1)NC(=O)OC(C)(C)C. The van der Waals surface area contributed by atoms with Gasteiger partial charge < -0.3 is 35.2 Å². The Hall–Kier alpha value is -4.28. The third-order valence-electron chi connectivity index (χ3n) is 5.85. The number of aromatic hydroxyl groups is 2. The number of aryl methyl sites for hydroxylation is 1. The standard InChI is InChI=1S/C29H39N3O8/c1-7-39-23(34)15-16-30-26(36)24(21-10-8-9-18(2)25(21)35)32(6)27(37)22(31-28(38)40-29(3,4)5)17-19-11-13-20(33)14-12-19/h8-14,22,24,33,35H,7,15-17H2,1-6H3,(H,30,36)(H,31,38). The highest BCUT2D eigenvalue weighted by Gasteiger charge is 2.35. The molecule has 0 saturated carbocycles. The van der Waals surface area contributed by atoms with Crippen LogP contribution in [0.25, 0.3) is 0 Å². The number of nitrogens with zero attached hydrogens (tertiary/aromatic N) is 1. The van der Waals surface area contributed by atoms with Crippen molar-refractivity contribution < 1.29 is 38.9 Å². The van der Waals surface area contributed by atoms with Crippen molar-refractivity contribution in [2.24, 2.45) is 0 Å². The first-order valence-corrected chi connectivity index (χ1v) is 13.0. The van der Waals surface area contributed by atoms with Gasteiger partial charge in [-0.3, -0.25) is 14.4 Å². The number of esters is 1. The number of para-hydroxylation sites is 1. The van der Waals surface area contributed by atoms with Gasteiger partial charge in [-0.25, -0.2) is 4.79 Å². The van der Waals surface area contributed by atoms with Crippen LogP contribution in [0.5, 0.6) is 11.5 Å². The first kappa shape index (κ1) is 31.9. The summed E-state index contributed by atoms with van der Waals surface area (Å²) >= 11 is 0. The largest absolute Gasteiger partial charge is 0.508 e. The second-order valence-electron chi connectivity index (χ2n) is 10.3. The van der Waals surface area contributed by atoms with Crippen LogP contribution in [0, 0.1) is 6.92 Å².